The molecule has 1 nitrogen and oxygen atoms in total. The lowest BCUT2D eigenvalue weighted by Crippen LogP contribution is -1.81. The molecule has 0 saturated heterocycles. The number of aryl methyl sites for hydroxylation is 1. The number of nitrogens with zero attached hydrogens (tertiary/aromatic N) is 1. The van der Waals surface area contributed by atoms with E-state index < -0.39 is 0 Å². The molecule has 0 radical (unpaired) electrons. The lowest BCUT2D eigenvalue weighted by molar-refractivity contribution is 1.27. The molecule has 78 valence electrons. The zero-order valence-electron chi connectivity index (χ0n) is 8.87. The highest BCUT2D eigenvalue weighted by Gasteiger charge is 1.89. The van der Waals surface area contributed by atoms with Crippen molar-refractivity contribution in [1.29, 1.82) is 0 Å². The molecule has 2 heteroatoms. The predicted molar refractivity (Wildman–Crippen MR) is 69.1 cm³/mol. The van der Waals surface area contributed by atoms with Gasteiger partial charge in [-0.1, -0.05) is 23.6 Å². The fraction of sp³-hybridized carbons (Fsp3) is 0.0714. The van der Waals surface area contributed by atoms with Crippen LogP contribution in [0.5, 0.6) is 0 Å². The molecule has 0 aliphatic rings. The van der Waals surface area contributed by atoms with E-state index in [0.717, 1.165) is 15.7 Å². The van der Waals surface area contributed by atoms with Crippen LogP contribution in [-0.4, -0.2) is 4.98 Å². The lowest BCUT2D eigenvalue weighted by atomic mass is 10.1. The predicted octanol–water partition coefficient (Wildman–Crippen LogP) is 3.55. The highest BCUT2D eigenvalue weighted by molar-refractivity contribution is 9.10. The summed E-state index contributed by atoms with van der Waals surface area (Å²) >= 11 is 3.34. The third kappa shape index (κ3) is 2.95. The molecule has 0 N–H and O–H groups in total. The van der Waals surface area contributed by atoms with Gasteiger partial charge in [-0.25, -0.2) is 4.98 Å². The third-order valence-electron chi connectivity index (χ3n) is 2.11. The van der Waals surface area contributed by atoms with Crippen molar-refractivity contribution in [3.63, 3.8) is 0 Å². The number of hydrogen-bond acceptors (Lipinski definition) is 1. The topological polar surface area (TPSA) is 12.9 Å². The molecule has 0 aliphatic carbocycles. The number of hydrogen-bond donors (Lipinski definition) is 0. The highest BCUT2D eigenvalue weighted by atomic mass is 79.9. The van der Waals surface area contributed by atoms with Crippen molar-refractivity contribution in [2.75, 3.05) is 0 Å². The van der Waals surface area contributed by atoms with Crippen LogP contribution in [0.1, 0.15) is 16.8 Å². The summed E-state index contributed by atoms with van der Waals surface area (Å²) in [6.45, 7) is 2.06. The van der Waals surface area contributed by atoms with Gasteiger partial charge in [0.1, 0.15) is 5.69 Å². The molecule has 0 fully saturated rings. The van der Waals surface area contributed by atoms with E-state index in [9.17, 15) is 0 Å². The minimum atomic E-state index is 0.781. The van der Waals surface area contributed by atoms with Gasteiger partial charge in [-0.15, -0.1) is 0 Å². The number of rotatable bonds is 0. The molecule has 0 saturated carbocycles. The Labute approximate surface area is 104 Å². The van der Waals surface area contributed by atoms with E-state index >= 15 is 0 Å². The van der Waals surface area contributed by atoms with Crippen LogP contribution in [0.3, 0.4) is 0 Å². The quantitative estimate of drug-likeness (QED) is 0.668. The fourth-order valence-corrected chi connectivity index (χ4v) is 1.46. The maximum atomic E-state index is 4.19. The minimum absolute atomic E-state index is 0.781. The Hall–Kier alpha value is -1.59. The Bertz CT molecular complexity index is 480. The lowest BCUT2D eigenvalue weighted by Gasteiger charge is -1.92. The van der Waals surface area contributed by atoms with Crippen molar-refractivity contribution in [2.24, 2.45) is 0 Å². The second-order valence-electron chi connectivity index (χ2n) is 3.48. The summed E-state index contributed by atoms with van der Waals surface area (Å²) in [7, 11) is 0. The van der Waals surface area contributed by atoms with Crippen molar-refractivity contribution in [3.8, 4) is 11.8 Å². The third-order valence-corrected chi connectivity index (χ3v) is 2.58. The SMILES string of the molecule is Cc1ccc(C#Cc2ccc(Br)cn2)cc1. The first-order chi connectivity index (χ1) is 7.74. The molecule has 0 aliphatic heterocycles. The summed E-state index contributed by atoms with van der Waals surface area (Å²) in [5, 5.41) is 0. The van der Waals surface area contributed by atoms with E-state index in [2.05, 4.69) is 51.8 Å². The average molecular weight is 272 g/mol. The molecular weight excluding hydrogens is 262 g/mol. The molecule has 0 spiro atoms. The molecule has 2 aromatic rings. The number of pyridine rings is 1. The zero-order chi connectivity index (χ0) is 11.4. The van der Waals surface area contributed by atoms with Crippen LogP contribution in [-0.2, 0) is 0 Å². The van der Waals surface area contributed by atoms with Crippen LogP contribution >= 0.6 is 15.9 Å². The fourth-order valence-electron chi connectivity index (χ4n) is 1.22. The maximum absolute atomic E-state index is 4.19. The van der Waals surface area contributed by atoms with E-state index in [1.165, 1.54) is 5.56 Å². The minimum Gasteiger partial charge on any atom is -0.247 e. The van der Waals surface area contributed by atoms with E-state index in [1.807, 2.05) is 24.3 Å². The monoisotopic (exact) mass is 271 g/mol. The average Bonchev–Trinajstić information content (AvgIpc) is 2.30. The molecule has 0 unspecified atom stereocenters. The Morgan fingerprint density at radius 3 is 2.38 bits per heavy atom. The van der Waals surface area contributed by atoms with Crippen molar-refractivity contribution in [3.05, 3.63) is 63.9 Å². The van der Waals surface area contributed by atoms with Crippen LogP contribution in [0.2, 0.25) is 0 Å². The smallest absolute Gasteiger partial charge is 0.113 e. The molecule has 1 aromatic heterocycles. The molecule has 0 amide bonds. The van der Waals surface area contributed by atoms with E-state index in [0.29, 0.717) is 0 Å². The Morgan fingerprint density at radius 2 is 1.75 bits per heavy atom. The van der Waals surface area contributed by atoms with Crippen molar-refractivity contribution in [1.82, 2.24) is 4.98 Å². The molecule has 0 atom stereocenters. The van der Waals surface area contributed by atoms with Gasteiger partial charge in [0.2, 0.25) is 0 Å². The van der Waals surface area contributed by atoms with Crippen LogP contribution in [0.4, 0.5) is 0 Å². The Balaban J connectivity index is 2.21. The molecule has 1 aromatic carbocycles. The second-order valence-corrected chi connectivity index (χ2v) is 4.39. The number of halogens is 1. The summed E-state index contributed by atoms with van der Waals surface area (Å²) in [6, 6.07) is 12.0. The standard InChI is InChI=1S/C14H10BrN/c1-11-2-4-12(5-3-11)6-8-14-9-7-13(15)10-16-14/h2-5,7,9-10H,1H3. The second kappa shape index (κ2) is 4.96. The van der Waals surface area contributed by atoms with Gasteiger partial charge in [-0.05, 0) is 53.0 Å². The molecular formula is C14H10BrN. The van der Waals surface area contributed by atoms with Crippen LogP contribution < -0.4 is 0 Å². The maximum Gasteiger partial charge on any atom is 0.113 e. The number of aromatic nitrogens is 1. The summed E-state index contributed by atoms with van der Waals surface area (Å²) in [5.74, 6) is 6.11. The van der Waals surface area contributed by atoms with Gasteiger partial charge in [0.15, 0.2) is 0 Å². The normalized spacial score (nSPS) is 9.38. The van der Waals surface area contributed by atoms with E-state index in [1.54, 1.807) is 6.20 Å². The summed E-state index contributed by atoms with van der Waals surface area (Å²) in [6.07, 6.45) is 1.75. The summed E-state index contributed by atoms with van der Waals surface area (Å²) < 4.78 is 0.966. The van der Waals surface area contributed by atoms with Crippen molar-refractivity contribution >= 4 is 15.9 Å². The Kier molecular flexibility index (Phi) is 3.38. The van der Waals surface area contributed by atoms with Gasteiger partial charge in [0.05, 0.1) is 0 Å². The summed E-state index contributed by atoms with van der Waals surface area (Å²) in [4.78, 5) is 4.19. The molecule has 0 bridgehead atoms. The van der Waals surface area contributed by atoms with Crippen LogP contribution in [0.25, 0.3) is 0 Å². The van der Waals surface area contributed by atoms with Crippen LogP contribution in [0, 0.1) is 18.8 Å². The number of benzene rings is 1. The van der Waals surface area contributed by atoms with E-state index in [-0.39, 0.29) is 0 Å². The molecule has 2 rings (SSSR count). The van der Waals surface area contributed by atoms with Crippen molar-refractivity contribution < 1.29 is 0 Å². The highest BCUT2D eigenvalue weighted by Crippen LogP contribution is 2.07. The van der Waals surface area contributed by atoms with Gasteiger partial charge in [0, 0.05) is 16.2 Å². The Morgan fingerprint density at radius 1 is 1.00 bits per heavy atom. The van der Waals surface area contributed by atoms with Gasteiger partial charge < -0.3 is 0 Å². The van der Waals surface area contributed by atoms with Crippen LogP contribution in [0.15, 0.2) is 47.1 Å². The molecule has 1 heterocycles. The largest absolute Gasteiger partial charge is 0.247 e. The van der Waals surface area contributed by atoms with Gasteiger partial charge in [-0.3, -0.25) is 0 Å². The van der Waals surface area contributed by atoms with Gasteiger partial charge >= 0.3 is 0 Å². The van der Waals surface area contributed by atoms with Crippen molar-refractivity contribution in [2.45, 2.75) is 6.92 Å². The van der Waals surface area contributed by atoms with Gasteiger partial charge in [0.25, 0.3) is 0 Å². The van der Waals surface area contributed by atoms with Gasteiger partial charge in [-0.2, -0.15) is 0 Å². The zero-order valence-corrected chi connectivity index (χ0v) is 10.5. The first-order valence-corrected chi connectivity index (χ1v) is 5.73. The van der Waals surface area contributed by atoms with E-state index in [4.69, 9.17) is 0 Å². The first kappa shape index (κ1) is 10.9. The first-order valence-electron chi connectivity index (χ1n) is 4.94. The summed E-state index contributed by atoms with van der Waals surface area (Å²) in [5.41, 5.74) is 3.03. The molecule has 16 heavy (non-hydrogen) atoms.